The standard InChI is InChI=1S/C25H20ClN3O/c1-3-17-4-11-21(12-5-17)29-16-30-28(2)24-15-27-23-13-8-19(14-22(23)25(24)29)18-6-9-20(26)10-7-18/h3-15H,1,16H2,2H3. The van der Waals surface area contributed by atoms with Gasteiger partial charge in [-0.3, -0.25) is 14.9 Å². The SMILES string of the molecule is C=Cc1ccc(N2CON(C)c3cnc4ccc(-c5ccc(Cl)cc5)cc4c32)cc1. The molecule has 1 aromatic heterocycles. The lowest BCUT2D eigenvalue weighted by Gasteiger charge is -2.36. The molecule has 0 fully saturated rings. The Morgan fingerprint density at radius 2 is 1.73 bits per heavy atom. The first-order chi connectivity index (χ1) is 14.6. The van der Waals surface area contributed by atoms with Crippen molar-refractivity contribution in [3.05, 3.63) is 90.1 Å². The van der Waals surface area contributed by atoms with E-state index < -0.39 is 0 Å². The fourth-order valence-corrected chi connectivity index (χ4v) is 3.90. The molecule has 0 aliphatic carbocycles. The average Bonchev–Trinajstić information content (AvgIpc) is 2.79. The van der Waals surface area contributed by atoms with Gasteiger partial charge in [0.15, 0.2) is 6.73 Å². The summed E-state index contributed by atoms with van der Waals surface area (Å²) >= 11 is 6.07. The molecule has 0 saturated carbocycles. The van der Waals surface area contributed by atoms with Gasteiger partial charge in [-0.2, -0.15) is 0 Å². The molecule has 148 valence electrons. The summed E-state index contributed by atoms with van der Waals surface area (Å²) < 4.78 is 0. The molecular formula is C25H20ClN3O. The summed E-state index contributed by atoms with van der Waals surface area (Å²) in [5.41, 5.74) is 7.31. The van der Waals surface area contributed by atoms with E-state index in [1.165, 1.54) is 0 Å². The van der Waals surface area contributed by atoms with Crippen molar-refractivity contribution in [1.29, 1.82) is 0 Å². The van der Waals surface area contributed by atoms with Crippen LogP contribution in [0.15, 0.2) is 79.5 Å². The van der Waals surface area contributed by atoms with Gasteiger partial charge in [0.25, 0.3) is 0 Å². The Morgan fingerprint density at radius 1 is 1.00 bits per heavy atom. The van der Waals surface area contributed by atoms with Crippen molar-refractivity contribution in [2.45, 2.75) is 0 Å². The number of hydrogen-bond acceptors (Lipinski definition) is 4. The molecule has 1 aliphatic heterocycles. The van der Waals surface area contributed by atoms with Crippen LogP contribution in [0.1, 0.15) is 5.56 Å². The largest absolute Gasteiger partial charge is 0.313 e. The topological polar surface area (TPSA) is 28.6 Å². The predicted molar refractivity (Wildman–Crippen MR) is 125 cm³/mol. The van der Waals surface area contributed by atoms with Gasteiger partial charge < -0.3 is 4.90 Å². The van der Waals surface area contributed by atoms with Gasteiger partial charge in [0.05, 0.1) is 17.4 Å². The smallest absolute Gasteiger partial charge is 0.151 e. The lowest BCUT2D eigenvalue weighted by molar-refractivity contribution is 0.120. The Hall–Kier alpha value is -3.34. The number of nitrogens with zero attached hydrogens (tertiary/aromatic N) is 3. The third-order valence-electron chi connectivity index (χ3n) is 5.43. The molecule has 5 heteroatoms. The lowest BCUT2D eigenvalue weighted by atomic mass is 10.0. The van der Waals surface area contributed by atoms with Crippen LogP contribution in [0.3, 0.4) is 0 Å². The first-order valence-corrected chi connectivity index (χ1v) is 10.1. The fraction of sp³-hybridized carbons (Fsp3) is 0.0800. The highest BCUT2D eigenvalue weighted by atomic mass is 35.5. The number of fused-ring (bicyclic) bond motifs is 3. The number of rotatable bonds is 3. The number of halogens is 1. The molecule has 2 heterocycles. The van der Waals surface area contributed by atoms with Crippen molar-refractivity contribution < 1.29 is 4.84 Å². The molecule has 0 atom stereocenters. The molecule has 5 rings (SSSR count). The number of anilines is 3. The number of hydrogen-bond donors (Lipinski definition) is 0. The molecule has 30 heavy (non-hydrogen) atoms. The Balaban J connectivity index is 1.70. The van der Waals surface area contributed by atoms with Crippen molar-refractivity contribution in [2.75, 3.05) is 23.7 Å². The van der Waals surface area contributed by atoms with Crippen LogP contribution >= 0.6 is 11.6 Å². The second kappa shape index (κ2) is 7.48. The number of aromatic nitrogens is 1. The highest BCUT2D eigenvalue weighted by Gasteiger charge is 2.25. The molecule has 0 unspecified atom stereocenters. The maximum absolute atomic E-state index is 6.07. The van der Waals surface area contributed by atoms with E-state index in [0.29, 0.717) is 6.73 Å². The third-order valence-corrected chi connectivity index (χ3v) is 5.68. The van der Waals surface area contributed by atoms with Gasteiger partial charge in [-0.05, 0) is 53.1 Å². The Labute approximate surface area is 180 Å². The van der Waals surface area contributed by atoms with Gasteiger partial charge in [-0.1, -0.05) is 54.6 Å². The predicted octanol–water partition coefficient (Wildman–Crippen LogP) is 6.68. The molecule has 0 N–H and O–H groups in total. The quantitative estimate of drug-likeness (QED) is 0.374. The third kappa shape index (κ3) is 3.20. The molecule has 0 bridgehead atoms. The monoisotopic (exact) mass is 413 g/mol. The van der Waals surface area contributed by atoms with Crippen LogP contribution in [0.2, 0.25) is 5.02 Å². The zero-order chi connectivity index (χ0) is 20.7. The molecule has 1 aliphatic rings. The Bertz CT molecular complexity index is 1240. The molecule has 3 aromatic carbocycles. The minimum absolute atomic E-state index is 0.418. The summed E-state index contributed by atoms with van der Waals surface area (Å²) in [7, 11) is 1.91. The minimum atomic E-state index is 0.418. The molecular weight excluding hydrogens is 394 g/mol. The highest BCUT2D eigenvalue weighted by molar-refractivity contribution is 6.30. The fourth-order valence-electron chi connectivity index (χ4n) is 3.78. The molecule has 4 aromatic rings. The van der Waals surface area contributed by atoms with E-state index in [1.54, 1.807) is 5.06 Å². The lowest BCUT2D eigenvalue weighted by Crippen LogP contribution is -2.34. The van der Waals surface area contributed by atoms with Crippen LogP contribution < -0.4 is 9.96 Å². The summed E-state index contributed by atoms with van der Waals surface area (Å²) in [4.78, 5) is 12.7. The van der Waals surface area contributed by atoms with Crippen molar-refractivity contribution in [3.63, 3.8) is 0 Å². The van der Waals surface area contributed by atoms with Gasteiger partial charge in [0.2, 0.25) is 0 Å². The van der Waals surface area contributed by atoms with E-state index in [1.807, 2.05) is 43.6 Å². The summed E-state index contributed by atoms with van der Waals surface area (Å²) in [5.74, 6) is 0. The summed E-state index contributed by atoms with van der Waals surface area (Å²) in [5, 5.41) is 3.58. The zero-order valence-electron chi connectivity index (χ0n) is 16.5. The van der Waals surface area contributed by atoms with Gasteiger partial charge in [-0.25, -0.2) is 0 Å². The van der Waals surface area contributed by atoms with E-state index in [0.717, 1.165) is 49.7 Å². The van der Waals surface area contributed by atoms with Crippen LogP contribution in [0.5, 0.6) is 0 Å². The van der Waals surface area contributed by atoms with E-state index in [2.05, 4.69) is 58.9 Å². The molecule has 0 radical (unpaired) electrons. The Kier molecular flexibility index (Phi) is 4.66. The van der Waals surface area contributed by atoms with Gasteiger partial charge >= 0.3 is 0 Å². The maximum atomic E-state index is 6.07. The highest BCUT2D eigenvalue weighted by Crippen LogP contribution is 2.43. The van der Waals surface area contributed by atoms with E-state index >= 15 is 0 Å². The van der Waals surface area contributed by atoms with Crippen LogP contribution in [0.4, 0.5) is 17.1 Å². The van der Waals surface area contributed by atoms with Crippen molar-refractivity contribution in [2.24, 2.45) is 0 Å². The Morgan fingerprint density at radius 3 is 2.47 bits per heavy atom. The summed E-state index contributed by atoms with van der Waals surface area (Å²) in [6.45, 7) is 4.26. The van der Waals surface area contributed by atoms with Crippen molar-refractivity contribution in [3.8, 4) is 11.1 Å². The van der Waals surface area contributed by atoms with E-state index in [9.17, 15) is 0 Å². The van der Waals surface area contributed by atoms with Crippen molar-refractivity contribution >= 4 is 45.6 Å². The minimum Gasteiger partial charge on any atom is -0.313 e. The molecule has 4 nitrogen and oxygen atoms in total. The maximum Gasteiger partial charge on any atom is 0.151 e. The van der Waals surface area contributed by atoms with Crippen LogP contribution in [0, 0.1) is 0 Å². The molecule has 0 saturated heterocycles. The van der Waals surface area contributed by atoms with E-state index in [-0.39, 0.29) is 0 Å². The first kappa shape index (κ1) is 18.7. The zero-order valence-corrected chi connectivity index (χ0v) is 17.3. The molecule has 0 spiro atoms. The van der Waals surface area contributed by atoms with Gasteiger partial charge in [0.1, 0.15) is 5.69 Å². The van der Waals surface area contributed by atoms with Gasteiger partial charge in [0, 0.05) is 23.1 Å². The van der Waals surface area contributed by atoms with Crippen molar-refractivity contribution in [1.82, 2.24) is 4.98 Å². The van der Waals surface area contributed by atoms with E-state index in [4.69, 9.17) is 16.4 Å². The van der Waals surface area contributed by atoms with Crippen LogP contribution in [-0.2, 0) is 4.84 Å². The summed E-state index contributed by atoms with van der Waals surface area (Å²) in [6.07, 6.45) is 3.71. The average molecular weight is 414 g/mol. The summed E-state index contributed by atoms with van der Waals surface area (Å²) in [6, 6.07) is 22.5. The molecule has 0 amide bonds. The second-order valence-corrected chi connectivity index (χ2v) is 7.65. The van der Waals surface area contributed by atoms with Crippen LogP contribution in [0.25, 0.3) is 28.1 Å². The first-order valence-electron chi connectivity index (χ1n) is 9.69. The second-order valence-electron chi connectivity index (χ2n) is 7.21. The number of hydroxylamine groups is 1. The number of pyridine rings is 1. The number of benzene rings is 3. The van der Waals surface area contributed by atoms with Gasteiger partial charge in [-0.15, -0.1) is 0 Å². The normalized spacial score (nSPS) is 13.4. The van der Waals surface area contributed by atoms with Crippen LogP contribution in [-0.4, -0.2) is 18.8 Å².